The second-order valence-electron chi connectivity index (χ2n) is 6.95. The van der Waals surface area contributed by atoms with Gasteiger partial charge in [-0.25, -0.2) is 0 Å². The molecule has 1 saturated heterocycles. The highest BCUT2D eigenvalue weighted by atomic mass is 32.1. The Kier molecular flexibility index (Phi) is 5.92. The molecule has 1 amide bonds. The number of hydrogen-bond donors (Lipinski definition) is 2. The molecule has 2 aliphatic rings. The summed E-state index contributed by atoms with van der Waals surface area (Å²) in [7, 11) is 0. The van der Waals surface area contributed by atoms with Gasteiger partial charge < -0.3 is 20.5 Å². The van der Waals surface area contributed by atoms with Crippen molar-refractivity contribution >= 4 is 17.2 Å². The van der Waals surface area contributed by atoms with Gasteiger partial charge in [0.05, 0.1) is 18.8 Å². The van der Waals surface area contributed by atoms with Gasteiger partial charge in [-0.15, -0.1) is 11.3 Å². The van der Waals surface area contributed by atoms with Crippen molar-refractivity contribution in [3.8, 4) is 0 Å². The number of amides is 1. The van der Waals surface area contributed by atoms with Crippen molar-refractivity contribution < 1.29 is 14.6 Å². The van der Waals surface area contributed by atoms with E-state index in [0.29, 0.717) is 26.0 Å². The van der Waals surface area contributed by atoms with E-state index in [-0.39, 0.29) is 23.5 Å². The summed E-state index contributed by atoms with van der Waals surface area (Å²) >= 11 is 1.75. The highest BCUT2D eigenvalue weighted by Crippen LogP contribution is 2.50. The Morgan fingerprint density at radius 1 is 1.46 bits per heavy atom. The lowest BCUT2D eigenvalue weighted by Crippen LogP contribution is -2.62. The average Bonchev–Trinajstić information content (AvgIpc) is 3.12. The minimum atomic E-state index is -0.295. The van der Waals surface area contributed by atoms with Crippen LogP contribution in [-0.4, -0.2) is 54.4 Å². The Morgan fingerprint density at radius 2 is 2.25 bits per heavy atom. The highest BCUT2D eigenvalue weighted by molar-refractivity contribution is 7.09. The summed E-state index contributed by atoms with van der Waals surface area (Å²) in [5, 5.41) is 12.3. The fourth-order valence-electron chi connectivity index (χ4n) is 4.03. The molecular formula is C18H28N2O3S. The van der Waals surface area contributed by atoms with Crippen molar-refractivity contribution in [3.63, 3.8) is 0 Å². The minimum Gasteiger partial charge on any atom is -0.392 e. The first kappa shape index (κ1) is 17.9. The highest BCUT2D eigenvalue weighted by Gasteiger charge is 2.56. The summed E-state index contributed by atoms with van der Waals surface area (Å²) in [4.78, 5) is 15.7. The lowest BCUT2D eigenvalue weighted by molar-refractivity contribution is -0.210. The molecule has 1 aliphatic heterocycles. The van der Waals surface area contributed by atoms with Crippen molar-refractivity contribution in [1.82, 2.24) is 4.90 Å². The predicted molar refractivity (Wildman–Crippen MR) is 94.9 cm³/mol. The Hall–Kier alpha value is -0.950. The second-order valence-corrected chi connectivity index (χ2v) is 7.98. The number of piperidine rings is 1. The molecule has 5 nitrogen and oxygen atoms in total. The van der Waals surface area contributed by atoms with E-state index in [1.165, 1.54) is 4.88 Å². The summed E-state index contributed by atoms with van der Waals surface area (Å²) in [5.74, 6) is 0.245. The van der Waals surface area contributed by atoms with E-state index in [1.54, 1.807) is 11.3 Å². The van der Waals surface area contributed by atoms with Crippen LogP contribution >= 0.6 is 11.3 Å². The summed E-state index contributed by atoms with van der Waals surface area (Å²) in [6.45, 7) is 2.52. The molecule has 0 radical (unpaired) electrons. The van der Waals surface area contributed by atoms with Gasteiger partial charge in [-0.2, -0.15) is 0 Å². The van der Waals surface area contributed by atoms with Gasteiger partial charge in [0.2, 0.25) is 5.91 Å². The number of rotatable bonds is 7. The molecule has 0 bridgehead atoms. The first-order chi connectivity index (χ1) is 11.7. The molecule has 1 saturated carbocycles. The van der Waals surface area contributed by atoms with Crippen LogP contribution in [-0.2, 0) is 16.0 Å². The van der Waals surface area contributed by atoms with Gasteiger partial charge in [0, 0.05) is 42.8 Å². The molecule has 3 N–H and O–H groups in total. The molecule has 134 valence electrons. The molecule has 1 aromatic heterocycles. The van der Waals surface area contributed by atoms with Crippen LogP contribution in [0.15, 0.2) is 17.5 Å². The van der Waals surface area contributed by atoms with E-state index in [9.17, 15) is 9.90 Å². The number of aliphatic hydroxyl groups excluding tert-OH is 1. The molecule has 0 aromatic carbocycles. The molecule has 2 atom stereocenters. The van der Waals surface area contributed by atoms with E-state index in [2.05, 4.69) is 17.5 Å². The first-order valence-electron chi connectivity index (χ1n) is 8.95. The van der Waals surface area contributed by atoms with Crippen LogP contribution in [0.3, 0.4) is 0 Å². The molecule has 1 spiro atoms. The summed E-state index contributed by atoms with van der Waals surface area (Å²) in [6.07, 6.45) is 4.68. The quantitative estimate of drug-likeness (QED) is 0.784. The van der Waals surface area contributed by atoms with Gasteiger partial charge in [-0.3, -0.25) is 4.79 Å². The number of hydrogen-bond acceptors (Lipinski definition) is 5. The number of aliphatic hydroxyl groups is 1. The van der Waals surface area contributed by atoms with Crippen molar-refractivity contribution in [3.05, 3.63) is 22.4 Å². The maximum atomic E-state index is 12.4. The van der Waals surface area contributed by atoms with Gasteiger partial charge in [0.25, 0.3) is 0 Å². The van der Waals surface area contributed by atoms with Gasteiger partial charge in [-0.05, 0) is 37.1 Å². The monoisotopic (exact) mass is 352 g/mol. The molecule has 2 fully saturated rings. The van der Waals surface area contributed by atoms with Gasteiger partial charge >= 0.3 is 0 Å². The topological polar surface area (TPSA) is 75.8 Å². The summed E-state index contributed by atoms with van der Waals surface area (Å²) in [6, 6.07) is 4.18. The maximum absolute atomic E-state index is 12.4. The zero-order chi connectivity index (χ0) is 17.0. The average molecular weight is 352 g/mol. The number of aryl methyl sites for hydroxylation is 1. The first-order valence-corrected chi connectivity index (χ1v) is 9.83. The number of thiophene rings is 1. The SMILES string of the molecule is NCCO[C@H]1C[C@@H](O)C12CCN(C(=O)CCCc1cccs1)CC2. The van der Waals surface area contributed by atoms with Crippen molar-refractivity contribution in [2.75, 3.05) is 26.2 Å². The third kappa shape index (κ3) is 3.67. The van der Waals surface area contributed by atoms with E-state index in [4.69, 9.17) is 10.5 Å². The van der Waals surface area contributed by atoms with Crippen LogP contribution in [0.2, 0.25) is 0 Å². The lowest BCUT2D eigenvalue weighted by atomic mass is 9.58. The smallest absolute Gasteiger partial charge is 0.222 e. The lowest BCUT2D eigenvalue weighted by Gasteiger charge is -2.56. The fourth-order valence-corrected chi connectivity index (χ4v) is 4.78. The third-order valence-corrected chi connectivity index (χ3v) is 6.56. The van der Waals surface area contributed by atoms with Crippen molar-refractivity contribution in [2.45, 2.75) is 50.7 Å². The third-order valence-electron chi connectivity index (χ3n) is 5.62. The normalized spacial score (nSPS) is 25.7. The van der Waals surface area contributed by atoms with Gasteiger partial charge in [0.1, 0.15) is 0 Å². The Balaban J connectivity index is 1.43. The molecule has 6 heteroatoms. The van der Waals surface area contributed by atoms with Crippen LogP contribution in [0.25, 0.3) is 0 Å². The minimum absolute atomic E-state index is 0.104. The van der Waals surface area contributed by atoms with Gasteiger partial charge in [-0.1, -0.05) is 6.07 Å². The molecule has 2 heterocycles. The maximum Gasteiger partial charge on any atom is 0.222 e. The summed E-state index contributed by atoms with van der Waals surface area (Å²) in [5.41, 5.74) is 5.36. The largest absolute Gasteiger partial charge is 0.392 e. The standard InChI is InChI=1S/C18H28N2O3S/c19-8-11-23-16-13-15(21)18(16)6-9-20(10-7-18)17(22)5-1-3-14-4-2-12-24-14/h2,4,12,15-16,21H,1,3,5-11,13,19H2/t15-,16+/m1/s1. The van der Waals surface area contributed by atoms with Crippen LogP contribution in [0.4, 0.5) is 0 Å². The van der Waals surface area contributed by atoms with E-state index in [1.807, 2.05) is 4.90 Å². The van der Waals surface area contributed by atoms with E-state index in [0.717, 1.165) is 38.8 Å². The predicted octanol–water partition coefficient (Wildman–Crippen LogP) is 1.79. The number of carbonyl (C=O) groups excluding carboxylic acids is 1. The van der Waals surface area contributed by atoms with E-state index >= 15 is 0 Å². The molecule has 0 unspecified atom stereocenters. The molecule has 1 aliphatic carbocycles. The second kappa shape index (κ2) is 7.95. The number of carbonyl (C=O) groups is 1. The van der Waals surface area contributed by atoms with Crippen molar-refractivity contribution in [2.24, 2.45) is 11.1 Å². The zero-order valence-electron chi connectivity index (χ0n) is 14.2. The number of nitrogens with two attached hydrogens (primary N) is 1. The van der Waals surface area contributed by atoms with Crippen LogP contribution in [0, 0.1) is 5.41 Å². The van der Waals surface area contributed by atoms with E-state index < -0.39 is 0 Å². The van der Waals surface area contributed by atoms with Crippen LogP contribution < -0.4 is 5.73 Å². The number of nitrogens with zero attached hydrogens (tertiary/aromatic N) is 1. The van der Waals surface area contributed by atoms with Gasteiger partial charge in [0.15, 0.2) is 0 Å². The zero-order valence-corrected chi connectivity index (χ0v) is 15.0. The number of ether oxygens (including phenoxy) is 1. The fraction of sp³-hybridized carbons (Fsp3) is 0.722. The molecular weight excluding hydrogens is 324 g/mol. The molecule has 1 aromatic rings. The molecule has 24 heavy (non-hydrogen) atoms. The van der Waals surface area contributed by atoms with Crippen molar-refractivity contribution in [1.29, 1.82) is 0 Å². The van der Waals surface area contributed by atoms with Crippen LogP contribution in [0.5, 0.6) is 0 Å². The summed E-state index contributed by atoms with van der Waals surface area (Å²) < 4.78 is 5.81. The Bertz CT molecular complexity index is 526. The Labute approximate surface area is 147 Å². The molecule has 3 rings (SSSR count). The Morgan fingerprint density at radius 3 is 2.88 bits per heavy atom. The van der Waals surface area contributed by atoms with Crippen LogP contribution in [0.1, 0.15) is 37.0 Å². The number of likely N-dealkylation sites (tertiary alicyclic amines) is 1.